The number of hydrogen-bond donors (Lipinski definition) is 2. The molecule has 134 valence electrons. The monoisotopic (exact) mass is 336 g/mol. The van der Waals surface area contributed by atoms with Crippen LogP contribution in [0.25, 0.3) is 0 Å². The summed E-state index contributed by atoms with van der Waals surface area (Å²) in [6.45, 7) is 9.64. The van der Waals surface area contributed by atoms with Crippen LogP contribution in [0.15, 0.2) is 29.3 Å². The molecule has 0 spiro atoms. The smallest absolute Gasteiger partial charge is 0.191 e. The first kappa shape index (κ1) is 18.7. The summed E-state index contributed by atoms with van der Waals surface area (Å²) in [5.74, 6) is 1.17. The predicted octanol–water partition coefficient (Wildman–Crippen LogP) is 1.85. The molecule has 1 fully saturated rings. The maximum absolute atomic E-state index is 12.9. The van der Waals surface area contributed by atoms with Crippen molar-refractivity contribution in [2.45, 2.75) is 26.5 Å². The SMILES string of the molecule is CN=C(NCc1ccc(F)cc1)NCC1CN(CC(C)C)CCO1. The molecule has 1 aromatic rings. The Bertz CT molecular complexity index is 518. The molecule has 0 amide bonds. The van der Waals surface area contributed by atoms with Crippen molar-refractivity contribution in [1.82, 2.24) is 15.5 Å². The van der Waals surface area contributed by atoms with E-state index in [2.05, 4.69) is 34.4 Å². The van der Waals surface area contributed by atoms with Crippen molar-refractivity contribution in [3.63, 3.8) is 0 Å². The topological polar surface area (TPSA) is 48.9 Å². The molecule has 0 aromatic heterocycles. The van der Waals surface area contributed by atoms with E-state index in [4.69, 9.17) is 4.74 Å². The van der Waals surface area contributed by atoms with Crippen molar-refractivity contribution in [2.24, 2.45) is 10.9 Å². The van der Waals surface area contributed by atoms with E-state index in [1.54, 1.807) is 19.2 Å². The van der Waals surface area contributed by atoms with Gasteiger partial charge in [-0.25, -0.2) is 4.39 Å². The average molecular weight is 336 g/mol. The van der Waals surface area contributed by atoms with Gasteiger partial charge in [-0.1, -0.05) is 26.0 Å². The number of nitrogens with one attached hydrogen (secondary N) is 2. The Labute approximate surface area is 144 Å². The second-order valence-corrected chi connectivity index (χ2v) is 6.58. The van der Waals surface area contributed by atoms with Gasteiger partial charge in [-0.05, 0) is 23.6 Å². The van der Waals surface area contributed by atoms with Gasteiger partial charge in [0.05, 0.1) is 12.7 Å². The normalized spacial score (nSPS) is 19.5. The van der Waals surface area contributed by atoms with Gasteiger partial charge in [-0.3, -0.25) is 9.89 Å². The van der Waals surface area contributed by atoms with E-state index in [0.717, 1.165) is 44.3 Å². The van der Waals surface area contributed by atoms with Crippen LogP contribution in [-0.4, -0.2) is 56.8 Å². The molecule has 1 aliphatic rings. The number of benzene rings is 1. The number of ether oxygens (including phenoxy) is 1. The molecular formula is C18H29FN4O. The maximum atomic E-state index is 12.9. The van der Waals surface area contributed by atoms with E-state index in [0.29, 0.717) is 12.5 Å². The molecule has 24 heavy (non-hydrogen) atoms. The van der Waals surface area contributed by atoms with Crippen LogP contribution in [0.3, 0.4) is 0 Å². The Hall–Kier alpha value is -1.66. The van der Waals surface area contributed by atoms with Gasteiger partial charge in [0.1, 0.15) is 5.82 Å². The van der Waals surface area contributed by atoms with Gasteiger partial charge in [0.25, 0.3) is 0 Å². The Morgan fingerprint density at radius 2 is 2.08 bits per heavy atom. The highest BCUT2D eigenvalue weighted by Gasteiger charge is 2.20. The van der Waals surface area contributed by atoms with Crippen molar-refractivity contribution in [2.75, 3.05) is 39.8 Å². The lowest BCUT2D eigenvalue weighted by Gasteiger charge is -2.34. The average Bonchev–Trinajstić information content (AvgIpc) is 2.56. The third-order valence-corrected chi connectivity index (χ3v) is 3.94. The van der Waals surface area contributed by atoms with Crippen LogP contribution in [0.1, 0.15) is 19.4 Å². The van der Waals surface area contributed by atoms with Gasteiger partial charge < -0.3 is 15.4 Å². The molecule has 5 nitrogen and oxygen atoms in total. The minimum atomic E-state index is -0.221. The van der Waals surface area contributed by atoms with E-state index < -0.39 is 0 Å². The van der Waals surface area contributed by atoms with Gasteiger partial charge in [0.2, 0.25) is 0 Å². The lowest BCUT2D eigenvalue weighted by molar-refractivity contribution is -0.0284. The number of guanidine groups is 1. The fourth-order valence-electron chi connectivity index (χ4n) is 2.81. The molecule has 0 bridgehead atoms. The zero-order valence-corrected chi connectivity index (χ0v) is 14.9. The quantitative estimate of drug-likeness (QED) is 0.615. The molecule has 1 heterocycles. The first-order valence-corrected chi connectivity index (χ1v) is 8.59. The largest absolute Gasteiger partial charge is 0.374 e. The van der Waals surface area contributed by atoms with E-state index >= 15 is 0 Å². The van der Waals surface area contributed by atoms with Crippen LogP contribution in [0.2, 0.25) is 0 Å². The zero-order chi connectivity index (χ0) is 17.4. The van der Waals surface area contributed by atoms with Crippen molar-refractivity contribution >= 4 is 5.96 Å². The van der Waals surface area contributed by atoms with Crippen molar-refractivity contribution < 1.29 is 9.13 Å². The van der Waals surface area contributed by atoms with Crippen LogP contribution in [-0.2, 0) is 11.3 Å². The Morgan fingerprint density at radius 1 is 1.33 bits per heavy atom. The molecular weight excluding hydrogens is 307 g/mol. The van der Waals surface area contributed by atoms with Crippen molar-refractivity contribution in [1.29, 1.82) is 0 Å². The highest BCUT2D eigenvalue weighted by atomic mass is 19.1. The number of aliphatic imine (C=N–C) groups is 1. The minimum absolute atomic E-state index is 0.168. The fourth-order valence-corrected chi connectivity index (χ4v) is 2.81. The molecule has 1 aliphatic heterocycles. The van der Waals surface area contributed by atoms with Crippen molar-refractivity contribution in [3.8, 4) is 0 Å². The molecule has 0 saturated carbocycles. The van der Waals surface area contributed by atoms with E-state index in [1.165, 1.54) is 12.1 Å². The lowest BCUT2D eigenvalue weighted by Crippen LogP contribution is -2.50. The summed E-state index contributed by atoms with van der Waals surface area (Å²) < 4.78 is 18.7. The second-order valence-electron chi connectivity index (χ2n) is 6.58. The Balaban J connectivity index is 1.73. The Kier molecular flexibility index (Phi) is 7.46. The van der Waals surface area contributed by atoms with Gasteiger partial charge in [0.15, 0.2) is 5.96 Å². The second kappa shape index (κ2) is 9.59. The van der Waals surface area contributed by atoms with Crippen molar-refractivity contribution in [3.05, 3.63) is 35.6 Å². The van der Waals surface area contributed by atoms with Gasteiger partial charge >= 0.3 is 0 Å². The molecule has 1 unspecified atom stereocenters. The van der Waals surface area contributed by atoms with E-state index in [9.17, 15) is 4.39 Å². The molecule has 6 heteroatoms. The summed E-state index contributed by atoms with van der Waals surface area (Å²) >= 11 is 0. The molecule has 2 rings (SSSR count). The molecule has 1 aromatic carbocycles. The summed E-state index contributed by atoms with van der Waals surface area (Å²) in [6, 6.07) is 6.46. The Morgan fingerprint density at radius 3 is 2.75 bits per heavy atom. The first-order chi connectivity index (χ1) is 11.6. The predicted molar refractivity (Wildman–Crippen MR) is 95.6 cm³/mol. The van der Waals surface area contributed by atoms with Crippen LogP contribution >= 0.6 is 0 Å². The standard InChI is InChI=1S/C18H29FN4O/c1-14(2)12-23-8-9-24-17(13-23)11-22-18(20-3)21-10-15-4-6-16(19)7-5-15/h4-7,14,17H,8-13H2,1-3H3,(H2,20,21,22). The summed E-state index contributed by atoms with van der Waals surface area (Å²) in [5, 5.41) is 6.54. The third kappa shape index (κ3) is 6.45. The van der Waals surface area contributed by atoms with Gasteiger partial charge in [-0.2, -0.15) is 0 Å². The number of halogens is 1. The fraction of sp³-hybridized carbons (Fsp3) is 0.611. The summed E-state index contributed by atoms with van der Waals surface area (Å²) in [4.78, 5) is 6.68. The summed E-state index contributed by atoms with van der Waals surface area (Å²) in [6.07, 6.45) is 0.168. The van der Waals surface area contributed by atoms with Crippen LogP contribution in [0, 0.1) is 11.7 Å². The number of hydrogen-bond acceptors (Lipinski definition) is 3. The maximum Gasteiger partial charge on any atom is 0.191 e. The number of rotatable bonds is 6. The molecule has 0 aliphatic carbocycles. The highest BCUT2D eigenvalue weighted by molar-refractivity contribution is 5.79. The summed E-state index contributed by atoms with van der Waals surface area (Å²) in [7, 11) is 1.74. The number of morpholine rings is 1. The number of nitrogens with zero attached hydrogens (tertiary/aromatic N) is 2. The van der Waals surface area contributed by atoms with Gasteiger partial charge in [-0.15, -0.1) is 0 Å². The van der Waals surface area contributed by atoms with E-state index in [-0.39, 0.29) is 11.9 Å². The first-order valence-electron chi connectivity index (χ1n) is 8.59. The highest BCUT2D eigenvalue weighted by Crippen LogP contribution is 2.07. The molecule has 1 saturated heterocycles. The van der Waals surface area contributed by atoms with Gasteiger partial charge in [0, 0.05) is 39.8 Å². The van der Waals surface area contributed by atoms with Crippen LogP contribution in [0.4, 0.5) is 4.39 Å². The molecule has 0 radical (unpaired) electrons. The van der Waals surface area contributed by atoms with Crippen LogP contribution < -0.4 is 10.6 Å². The lowest BCUT2D eigenvalue weighted by atomic mass is 10.2. The summed E-state index contributed by atoms with van der Waals surface area (Å²) in [5.41, 5.74) is 1.01. The van der Waals surface area contributed by atoms with Crippen LogP contribution in [0.5, 0.6) is 0 Å². The third-order valence-electron chi connectivity index (χ3n) is 3.94. The molecule has 1 atom stereocenters. The minimum Gasteiger partial charge on any atom is -0.374 e. The van der Waals surface area contributed by atoms with E-state index in [1.807, 2.05) is 0 Å². The molecule has 2 N–H and O–H groups in total. The zero-order valence-electron chi connectivity index (χ0n) is 14.9.